The quantitative estimate of drug-likeness (QED) is 0.538. The van der Waals surface area contributed by atoms with Gasteiger partial charge in [0.15, 0.2) is 9.84 Å². The van der Waals surface area contributed by atoms with Crippen LogP contribution in [0, 0.1) is 0 Å². The van der Waals surface area contributed by atoms with Crippen molar-refractivity contribution < 1.29 is 17.9 Å². The average molecular weight is 450 g/mol. The van der Waals surface area contributed by atoms with Crippen LogP contribution in [0.1, 0.15) is 27.4 Å². The zero-order valence-electron chi connectivity index (χ0n) is 15.7. The summed E-state index contributed by atoms with van der Waals surface area (Å²) in [5.41, 5.74) is 0.433. The number of nitrogens with one attached hydrogen (secondary N) is 1. The highest BCUT2D eigenvalue weighted by Gasteiger charge is 2.30. The molecule has 0 spiro atoms. The predicted octanol–water partition coefficient (Wildman–Crippen LogP) is 4.75. The van der Waals surface area contributed by atoms with Crippen LogP contribution in [0.3, 0.4) is 0 Å². The Bertz CT molecular complexity index is 1050. The van der Waals surface area contributed by atoms with Gasteiger partial charge in [-0.25, -0.2) is 8.42 Å². The third kappa shape index (κ3) is 5.18. The number of hydrogen-bond acceptors (Lipinski definition) is 5. The Morgan fingerprint density at radius 1 is 1.10 bits per heavy atom. The highest BCUT2D eigenvalue weighted by molar-refractivity contribution is 7.91. The van der Waals surface area contributed by atoms with Crippen molar-refractivity contribution >= 4 is 38.7 Å². The summed E-state index contributed by atoms with van der Waals surface area (Å²) in [6, 6.07) is 16.3. The fraction of sp³-hybridized carbons (Fsp3) is 0.190. The molecule has 8 heteroatoms. The van der Waals surface area contributed by atoms with Crippen molar-refractivity contribution in [2.24, 2.45) is 0 Å². The zero-order chi connectivity index (χ0) is 20.9. The van der Waals surface area contributed by atoms with Crippen molar-refractivity contribution in [1.82, 2.24) is 5.32 Å². The summed E-state index contributed by atoms with van der Waals surface area (Å²) >= 11 is 7.22. The van der Waals surface area contributed by atoms with Crippen molar-refractivity contribution in [3.63, 3.8) is 0 Å². The fourth-order valence-electron chi connectivity index (χ4n) is 2.78. The highest BCUT2D eigenvalue weighted by Crippen LogP contribution is 2.32. The molecule has 0 radical (unpaired) electrons. The van der Waals surface area contributed by atoms with E-state index in [4.69, 9.17) is 16.3 Å². The molecule has 3 aromatic rings. The van der Waals surface area contributed by atoms with E-state index in [9.17, 15) is 13.2 Å². The minimum absolute atomic E-state index is 0.0441. The molecule has 0 aliphatic heterocycles. The molecule has 3 rings (SSSR count). The molecule has 0 aliphatic rings. The highest BCUT2D eigenvalue weighted by atomic mass is 35.5. The standard InChI is InChI=1S/C21H20ClNO4S2/c1-2-27-17-9-5-15(6-10-17)21(24)23-14-20(19-4-3-13-28-19)29(25,26)18-11-7-16(22)8-12-18/h3-13,20H,2,14H2,1H3,(H,23,24)/t20-/m0/s1. The molecule has 1 aromatic heterocycles. The third-order valence-corrected chi connectivity index (χ3v) is 7.74. The molecule has 1 heterocycles. The van der Waals surface area contributed by atoms with Crippen LogP contribution < -0.4 is 10.1 Å². The number of thiophene rings is 1. The van der Waals surface area contributed by atoms with Crippen LogP contribution in [0.2, 0.25) is 5.02 Å². The lowest BCUT2D eigenvalue weighted by Gasteiger charge is -2.17. The average Bonchev–Trinajstić information content (AvgIpc) is 3.23. The van der Waals surface area contributed by atoms with E-state index in [2.05, 4.69) is 5.32 Å². The Morgan fingerprint density at radius 2 is 1.79 bits per heavy atom. The molecule has 0 fully saturated rings. The van der Waals surface area contributed by atoms with Crippen LogP contribution >= 0.6 is 22.9 Å². The summed E-state index contributed by atoms with van der Waals surface area (Å²) in [4.78, 5) is 13.4. The van der Waals surface area contributed by atoms with Crippen LogP contribution in [0.15, 0.2) is 70.9 Å². The van der Waals surface area contributed by atoms with E-state index in [1.165, 1.54) is 23.5 Å². The maximum Gasteiger partial charge on any atom is 0.251 e. The van der Waals surface area contributed by atoms with Gasteiger partial charge in [0.25, 0.3) is 5.91 Å². The van der Waals surface area contributed by atoms with Crippen molar-refractivity contribution in [2.45, 2.75) is 17.1 Å². The van der Waals surface area contributed by atoms with Gasteiger partial charge in [-0.05, 0) is 66.9 Å². The molecule has 0 unspecified atom stereocenters. The molecular weight excluding hydrogens is 430 g/mol. The zero-order valence-corrected chi connectivity index (χ0v) is 18.1. The first kappa shape index (κ1) is 21.4. The van der Waals surface area contributed by atoms with Gasteiger partial charge in [0.1, 0.15) is 11.0 Å². The SMILES string of the molecule is CCOc1ccc(C(=O)NC[C@@H](c2cccs2)S(=O)(=O)c2ccc(Cl)cc2)cc1. The van der Waals surface area contributed by atoms with Gasteiger partial charge in [0.2, 0.25) is 0 Å². The smallest absolute Gasteiger partial charge is 0.251 e. The molecule has 0 saturated carbocycles. The van der Waals surface area contributed by atoms with Gasteiger partial charge in [-0.15, -0.1) is 11.3 Å². The van der Waals surface area contributed by atoms with E-state index < -0.39 is 15.1 Å². The molecule has 1 N–H and O–H groups in total. The van der Waals surface area contributed by atoms with E-state index >= 15 is 0 Å². The Morgan fingerprint density at radius 3 is 2.38 bits per heavy atom. The van der Waals surface area contributed by atoms with Gasteiger partial charge in [0.05, 0.1) is 11.5 Å². The largest absolute Gasteiger partial charge is 0.494 e. The van der Waals surface area contributed by atoms with Gasteiger partial charge >= 0.3 is 0 Å². The number of amides is 1. The molecule has 152 valence electrons. The van der Waals surface area contributed by atoms with Crippen LogP contribution in [0.4, 0.5) is 0 Å². The molecule has 0 bridgehead atoms. The molecule has 1 atom stereocenters. The molecule has 5 nitrogen and oxygen atoms in total. The first-order chi connectivity index (χ1) is 13.9. The van der Waals surface area contributed by atoms with E-state index in [0.29, 0.717) is 27.8 Å². The topological polar surface area (TPSA) is 72.5 Å². The summed E-state index contributed by atoms with van der Waals surface area (Å²) in [5.74, 6) is 0.326. The fourth-order valence-corrected chi connectivity index (χ4v) is 5.69. The lowest BCUT2D eigenvalue weighted by atomic mass is 10.2. The van der Waals surface area contributed by atoms with Gasteiger partial charge < -0.3 is 10.1 Å². The van der Waals surface area contributed by atoms with E-state index in [-0.39, 0.29) is 17.3 Å². The molecular formula is C21H20ClNO4S2. The lowest BCUT2D eigenvalue weighted by molar-refractivity contribution is 0.0953. The van der Waals surface area contributed by atoms with Crippen molar-refractivity contribution in [2.75, 3.05) is 13.2 Å². The minimum Gasteiger partial charge on any atom is -0.494 e. The first-order valence-electron chi connectivity index (χ1n) is 8.95. The number of hydrogen-bond donors (Lipinski definition) is 1. The van der Waals surface area contributed by atoms with Crippen LogP contribution in [0.25, 0.3) is 0 Å². The predicted molar refractivity (Wildman–Crippen MR) is 116 cm³/mol. The second-order valence-corrected chi connectivity index (χ2v) is 9.72. The van der Waals surface area contributed by atoms with E-state index in [0.717, 1.165) is 0 Å². The molecule has 0 aliphatic carbocycles. The van der Waals surface area contributed by atoms with Crippen molar-refractivity contribution in [3.05, 3.63) is 81.5 Å². The Hall–Kier alpha value is -2.35. The monoisotopic (exact) mass is 449 g/mol. The van der Waals surface area contributed by atoms with Crippen molar-refractivity contribution in [1.29, 1.82) is 0 Å². The number of sulfone groups is 1. The lowest BCUT2D eigenvalue weighted by Crippen LogP contribution is -2.31. The number of rotatable bonds is 8. The number of benzene rings is 2. The summed E-state index contributed by atoms with van der Waals surface area (Å²) in [7, 11) is -3.72. The van der Waals surface area contributed by atoms with E-state index in [1.807, 2.05) is 12.3 Å². The van der Waals surface area contributed by atoms with Crippen LogP contribution in [-0.2, 0) is 9.84 Å². The number of halogens is 1. The van der Waals surface area contributed by atoms with Gasteiger partial charge in [-0.2, -0.15) is 0 Å². The van der Waals surface area contributed by atoms with Crippen LogP contribution in [0.5, 0.6) is 5.75 Å². The Balaban J connectivity index is 1.80. The first-order valence-corrected chi connectivity index (χ1v) is 11.8. The Kier molecular flexibility index (Phi) is 6.95. The normalized spacial score (nSPS) is 12.3. The van der Waals surface area contributed by atoms with Crippen LogP contribution in [-0.4, -0.2) is 27.5 Å². The summed E-state index contributed by atoms with van der Waals surface area (Å²) in [6.45, 7) is 2.38. The van der Waals surface area contributed by atoms with E-state index in [1.54, 1.807) is 48.5 Å². The number of carbonyl (C=O) groups excluding carboxylic acids is 1. The number of carbonyl (C=O) groups is 1. The number of ether oxygens (including phenoxy) is 1. The van der Waals surface area contributed by atoms with Gasteiger partial charge in [-0.1, -0.05) is 17.7 Å². The maximum atomic E-state index is 13.2. The summed E-state index contributed by atoms with van der Waals surface area (Å²) in [6.07, 6.45) is 0. The molecule has 0 saturated heterocycles. The minimum atomic E-state index is -3.72. The third-order valence-electron chi connectivity index (χ3n) is 4.25. The van der Waals surface area contributed by atoms with Gasteiger partial charge in [0, 0.05) is 22.0 Å². The molecule has 29 heavy (non-hydrogen) atoms. The van der Waals surface area contributed by atoms with Crippen molar-refractivity contribution in [3.8, 4) is 5.75 Å². The molecule has 1 amide bonds. The second kappa shape index (κ2) is 9.43. The molecule has 2 aromatic carbocycles. The van der Waals surface area contributed by atoms with Gasteiger partial charge in [-0.3, -0.25) is 4.79 Å². The summed E-state index contributed by atoms with van der Waals surface area (Å²) < 4.78 is 31.8. The Labute approximate surface area is 179 Å². The second-order valence-electron chi connectivity index (χ2n) is 6.17. The summed E-state index contributed by atoms with van der Waals surface area (Å²) in [5, 5.41) is 4.13. The maximum absolute atomic E-state index is 13.2.